The maximum absolute atomic E-state index is 12.0. The molecule has 0 radical (unpaired) electrons. The first-order valence-corrected chi connectivity index (χ1v) is 7.66. The van der Waals surface area contributed by atoms with Crippen LogP contribution in [0, 0.1) is 5.41 Å². The summed E-state index contributed by atoms with van der Waals surface area (Å²) in [4.78, 5) is 24.7. The fourth-order valence-corrected chi connectivity index (χ4v) is 2.90. The van der Waals surface area contributed by atoms with Crippen molar-refractivity contribution in [3.8, 4) is 0 Å². The van der Waals surface area contributed by atoms with Crippen LogP contribution in [0.2, 0.25) is 10.0 Å². The number of likely N-dealkylation sites (tertiary alicyclic amines) is 1. The van der Waals surface area contributed by atoms with Crippen molar-refractivity contribution in [2.75, 3.05) is 13.1 Å². The number of carboxylic acid groups (broad SMARTS) is 1. The predicted molar refractivity (Wildman–Crippen MR) is 83.2 cm³/mol. The van der Waals surface area contributed by atoms with Crippen LogP contribution < -0.4 is 0 Å². The highest BCUT2D eigenvalue weighted by Gasteiger charge is 2.38. The van der Waals surface area contributed by atoms with E-state index in [1.54, 1.807) is 25.1 Å². The molecule has 1 N–H and O–H groups in total. The minimum absolute atomic E-state index is 0.0752. The van der Waals surface area contributed by atoms with Gasteiger partial charge in [0.25, 0.3) is 0 Å². The third kappa shape index (κ3) is 4.05. The Labute approximate surface area is 138 Å². The van der Waals surface area contributed by atoms with Crippen molar-refractivity contribution in [3.63, 3.8) is 0 Å². The maximum atomic E-state index is 12.0. The van der Waals surface area contributed by atoms with E-state index in [-0.39, 0.29) is 6.61 Å². The quantitative estimate of drug-likeness (QED) is 0.904. The molecule has 1 aromatic carbocycles. The van der Waals surface area contributed by atoms with E-state index in [2.05, 4.69) is 0 Å². The SMILES string of the molecule is CC1(C(=O)O)CCN(C(=O)OCc2cc(Cl)cc(Cl)c2)CC1. The highest BCUT2D eigenvalue weighted by molar-refractivity contribution is 6.34. The van der Waals surface area contributed by atoms with Gasteiger partial charge in [-0.1, -0.05) is 23.2 Å². The molecule has 1 amide bonds. The summed E-state index contributed by atoms with van der Waals surface area (Å²) in [6, 6.07) is 4.96. The van der Waals surface area contributed by atoms with Crippen LogP contribution in [0.25, 0.3) is 0 Å². The van der Waals surface area contributed by atoms with Gasteiger partial charge in [-0.2, -0.15) is 0 Å². The second-order valence-electron chi connectivity index (χ2n) is 5.69. The molecule has 1 aliphatic rings. The van der Waals surface area contributed by atoms with Gasteiger partial charge in [0, 0.05) is 23.1 Å². The molecule has 0 aliphatic carbocycles. The molecular weight excluding hydrogens is 329 g/mol. The summed E-state index contributed by atoms with van der Waals surface area (Å²) >= 11 is 11.8. The van der Waals surface area contributed by atoms with Gasteiger partial charge in [0.05, 0.1) is 5.41 Å². The molecule has 1 aliphatic heterocycles. The fraction of sp³-hybridized carbons (Fsp3) is 0.467. The molecule has 1 aromatic rings. The number of carboxylic acids is 1. The van der Waals surface area contributed by atoms with E-state index in [0.29, 0.717) is 41.5 Å². The summed E-state index contributed by atoms with van der Waals surface area (Å²) in [6.07, 6.45) is 0.379. The van der Waals surface area contributed by atoms with Gasteiger partial charge in [-0.3, -0.25) is 4.79 Å². The molecule has 0 bridgehead atoms. The Kier molecular flexibility index (Phi) is 5.19. The summed E-state index contributed by atoms with van der Waals surface area (Å²) in [5.74, 6) is -0.825. The lowest BCUT2D eigenvalue weighted by molar-refractivity contribution is -0.150. The van der Waals surface area contributed by atoms with E-state index in [4.69, 9.17) is 33.0 Å². The lowest BCUT2D eigenvalue weighted by Gasteiger charge is -2.35. The maximum Gasteiger partial charge on any atom is 0.410 e. The molecule has 0 spiro atoms. The van der Waals surface area contributed by atoms with E-state index in [1.807, 2.05) is 0 Å². The first-order chi connectivity index (χ1) is 10.3. The van der Waals surface area contributed by atoms with E-state index in [9.17, 15) is 9.59 Å². The van der Waals surface area contributed by atoms with Crippen molar-refractivity contribution in [3.05, 3.63) is 33.8 Å². The minimum Gasteiger partial charge on any atom is -0.481 e. The number of ether oxygens (including phenoxy) is 1. The topological polar surface area (TPSA) is 66.8 Å². The highest BCUT2D eigenvalue weighted by Crippen LogP contribution is 2.31. The Morgan fingerprint density at radius 3 is 2.27 bits per heavy atom. The molecule has 2 rings (SSSR count). The van der Waals surface area contributed by atoms with Crippen LogP contribution >= 0.6 is 23.2 Å². The standard InChI is InChI=1S/C15H17Cl2NO4/c1-15(13(19)20)2-4-18(5-3-15)14(21)22-9-10-6-11(16)8-12(17)7-10/h6-8H,2-5,9H2,1H3,(H,19,20). The first kappa shape index (κ1) is 16.9. The van der Waals surface area contributed by atoms with E-state index >= 15 is 0 Å². The van der Waals surface area contributed by atoms with Crippen LogP contribution in [0.1, 0.15) is 25.3 Å². The number of hydrogen-bond donors (Lipinski definition) is 1. The number of rotatable bonds is 3. The summed E-state index contributed by atoms with van der Waals surface area (Å²) in [5.41, 5.74) is -0.0599. The summed E-state index contributed by atoms with van der Waals surface area (Å²) in [7, 11) is 0. The third-order valence-electron chi connectivity index (χ3n) is 3.93. The zero-order valence-electron chi connectivity index (χ0n) is 12.1. The molecule has 7 heteroatoms. The lowest BCUT2D eigenvalue weighted by atomic mass is 9.81. The van der Waals surface area contributed by atoms with Crippen molar-refractivity contribution < 1.29 is 19.4 Å². The van der Waals surface area contributed by atoms with E-state index in [1.165, 1.54) is 4.90 Å². The Hall–Kier alpha value is -1.46. The van der Waals surface area contributed by atoms with Gasteiger partial charge < -0.3 is 14.7 Å². The average Bonchev–Trinajstić information content (AvgIpc) is 2.44. The average molecular weight is 346 g/mol. The molecule has 1 fully saturated rings. The number of carbonyl (C=O) groups excluding carboxylic acids is 1. The largest absolute Gasteiger partial charge is 0.481 e. The molecular formula is C15H17Cl2NO4. The number of hydrogen-bond acceptors (Lipinski definition) is 3. The Morgan fingerprint density at radius 2 is 1.77 bits per heavy atom. The van der Waals surface area contributed by atoms with Crippen molar-refractivity contribution in [2.24, 2.45) is 5.41 Å². The second kappa shape index (κ2) is 6.75. The van der Waals surface area contributed by atoms with E-state index in [0.717, 1.165) is 0 Å². The Morgan fingerprint density at radius 1 is 1.23 bits per heavy atom. The molecule has 0 saturated carbocycles. The smallest absolute Gasteiger partial charge is 0.410 e. The van der Waals surface area contributed by atoms with Gasteiger partial charge in [-0.05, 0) is 43.5 Å². The van der Waals surface area contributed by atoms with Crippen molar-refractivity contribution in [1.29, 1.82) is 0 Å². The fourth-order valence-electron chi connectivity index (χ4n) is 2.33. The van der Waals surface area contributed by atoms with Crippen LogP contribution in [0.15, 0.2) is 18.2 Å². The second-order valence-corrected chi connectivity index (χ2v) is 6.56. The number of amides is 1. The zero-order chi connectivity index (χ0) is 16.3. The van der Waals surface area contributed by atoms with Crippen LogP contribution in [-0.4, -0.2) is 35.2 Å². The molecule has 1 heterocycles. The Bertz CT molecular complexity index is 563. The predicted octanol–water partition coefficient (Wildman–Crippen LogP) is 3.82. The minimum atomic E-state index is -0.825. The van der Waals surface area contributed by atoms with Crippen LogP contribution in [0.3, 0.4) is 0 Å². The van der Waals surface area contributed by atoms with Crippen molar-refractivity contribution in [2.45, 2.75) is 26.4 Å². The normalized spacial score (nSPS) is 17.1. The first-order valence-electron chi connectivity index (χ1n) is 6.90. The van der Waals surface area contributed by atoms with Crippen LogP contribution in [0.5, 0.6) is 0 Å². The Balaban J connectivity index is 1.87. The molecule has 0 atom stereocenters. The van der Waals surface area contributed by atoms with Crippen LogP contribution in [0.4, 0.5) is 4.79 Å². The molecule has 22 heavy (non-hydrogen) atoms. The van der Waals surface area contributed by atoms with Crippen LogP contribution in [-0.2, 0) is 16.1 Å². The van der Waals surface area contributed by atoms with Gasteiger partial charge in [0.15, 0.2) is 0 Å². The number of nitrogens with zero attached hydrogens (tertiary/aromatic N) is 1. The molecule has 1 saturated heterocycles. The summed E-state index contributed by atoms with van der Waals surface area (Å²) < 4.78 is 5.23. The summed E-state index contributed by atoms with van der Waals surface area (Å²) in [5, 5.41) is 10.1. The highest BCUT2D eigenvalue weighted by atomic mass is 35.5. The van der Waals surface area contributed by atoms with Gasteiger partial charge in [0.1, 0.15) is 6.61 Å². The number of benzene rings is 1. The zero-order valence-corrected chi connectivity index (χ0v) is 13.7. The molecule has 0 unspecified atom stereocenters. The number of halogens is 2. The van der Waals surface area contributed by atoms with Crippen molar-refractivity contribution in [1.82, 2.24) is 4.90 Å². The van der Waals surface area contributed by atoms with E-state index < -0.39 is 17.5 Å². The van der Waals surface area contributed by atoms with Gasteiger partial charge in [-0.25, -0.2) is 4.79 Å². The third-order valence-corrected chi connectivity index (χ3v) is 4.36. The monoisotopic (exact) mass is 345 g/mol. The number of aliphatic carboxylic acids is 1. The number of carbonyl (C=O) groups is 2. The van der Waals surface area contributed by atoms with Gasteiger partial charge in [-0.15, -0.1) is 0 Å². The van der Waals surface area contributed by atoms with Gasteiger partial charge in [0.2, 0.25) is 0 Å². The summed E-state index contributed by atoms with van der Waals surface area (Å²) in [6.45, 7) is 2.52. The molecule has 0 aromatic heterocycles. The molecule has 5 nitrogen and oxygen atoms in total. The lowest BCUT2D eigenvalue weighted by Crippen LogP contribution is -2.45. The van der Waals surface area contributed by atoms with Crippen molar-refractivity contribution >= 4 is 35.3 Å². The molecule has 120 valence electrons. The van der Waals surface area contributed by atoms with Gasteiger partial charge >= 0.3 is 12.1 Å². The number of piperidine rings is 1.